The Balaban J connectivity index is 3.61. The van der Waals surface area contributed by atoms with Crippen molar-refractivity contribution in [2.45, 2.75) is 24.6 Å². The van der Waals surface area contributed by atoms with E-state index in [0.717, 1.165) is 19.1 Å². The number of carboxylic acids is 1. The number of carboxylic acid groups (broad SMARTS) is 1. The van der Waals surface area contributed by atoms with E-state index in [1.54, 1.807) is 0 Å². The van der Waals surface area contributed by atoms with Gasteiger partial charge in [-0.2, -0.15) is 13.2 Å². The van der Waals surface area contributed by atoms with E-state index in [1.807, 2.05) is 0 Å². The lowest BCUT2D eigenvalue weighted by Crippen LogP contribution is -2.20. The molecule has 0 fully saturated rings. The monoisotopic (exact) mass is 310 g/mol. The molecule has 0 radical (unpaired) electrons. The molecule has 0 saturated heterocycles. The maximum atomic E-state index is 12.9. The first-order chi connectivity index (χ1) is 9.07. The standard InChI is InChI=1S/C12H10ClF3O4/c1-5(17)9(13)8-6(10(18)11(19)20)3-2-4-7(8)12(14,15)16/h2-4,9-10,18H,1H3,(H,19,20). The molecule has 110 valence electrons. The highest BCUT2D eigenvalue weighted by Crippen LogP contribution is 2.40. The summed E-state index contributed by atoms with van der Waals surface area (Å²) in [5.74, 6) is -2.53. The van der Waals surface area contributed by atoms with E-state index in [4.69, 9.17) is 16.7 Å². The van der Waals surface area contributed by atoms with Crippen molar-refractivity contribution in [3.63, 3.8) is 0 Å². The van der Waals surface area contributed by atoms with Crippen LogP contribution in [0.5, 0.6) is 0 Å². The van der Waals surface area contributed by atoms with Gasteiger partial charge < -0.3 is 10.2 Å². The number of halogens is 4. The van der Waals surface area contributed by atoms with Crippen LogP contribution in [0.4, 0.5) is 13.2 Å². The fourth-order valence-electron chi connectivity index (χ4n) is 1.69. The van der Waals surface area contributed by atoms with Gasteiger partial charge in [0.25, 0.3) is 0 Å². The van der Waals surface area contributed by atoms with Crippen molar-refractivity contribution in [3.05, 3.63) is 34.9 Å². The van der Waals surface area contributed by atoms with Crippen LogP contribution in [0.25, 0.3) is 0 Å². The summed E-state index contributed by atoms with van der Waals surface area (Å²) in [7, 11) is 0. The number of ketones is 1. The van der Waals surface area contributed by atoms with Gasteiger partial charge in [0.1, 0.15) is 5.38 Å². The van der Waals surface area contributed by atoms with Crippen molar-refractivity contribution in [1.82, 2.24) is 0 Å². The molecule has 0 aliphatic rings. The summed E-state index contributed by atoms with van der Waals surface area (Å²) in [4.78, 5) is 22.0. The van der Waals surface area contributed by atoms with Gasteiger partial charge >= 0.3 is 12.1 Å². The summed E-state index contributed by atoms with van der Waals surface area (Å²) in [6.07, 6.45) is -7.03. The van der Waals surface area contributed by atoms with Crippen LogP contribution in [0.15, 0.2) is 18.2 Å². The Morgan fingerprint density at radius 2 is 1.85 bits per heavy atom. The first kappa shape index (κ1) is 16.5. The number of hydrogen-bond donors (Lipinski definition) is 2. The maximum Gasteiger partial charge on any atom is 0.416 e. The fourth-order valence-corrected chi connectivity index (χ4v) is 1.93. The van der Waals surface area contributed by atoms with Gasteiger partial charge in [0, 0.05) is 0 Å². The summed E-state index contributed by atoms with van der Waals surface area (Å²) in [5, 5.41) is 16.5. The van der Waals surface area contributed by atoms with Crippen molar-refractivity contribution in [2.24, 2.45) is 0 Å². The van der Waals surface area contributed by atoms with E-state index in [2.05, 4.69) is 0 Å². The Morgan fingerprint density at radius 1 is 1.30 bits per heavy atom. The van der Waals surface area contributed by atoms with Crippen LogP contribution >= 0.6 is 11.6 Å². The van der Waals surface area contributed by atoms with Gasteiger partial charge in [0.15, 0.2) is 11.9 Å². The Hall–Kier alpha value is -1.60. The van der Waals surface area contributed by atoms with Gasteiger partial charge in [-0.1, -0.05) is 12.1 Å². The molecule has 0 aliphatic carbocycles. The molecular weight excluding hydrogens is 301 g/mol. The molecule has 0 heterocycles. The zero-order valence-corrected chi connectivity index (χ0v) is 10.9. The molecule has 0 aromatic heterocycles. The highest BCUT2D eigenvalue weighted by Gasteiger charge is 2.38. The average Bonchev–Trinajstić information content (AvgIpc) is 2.34. The third-order valence-corrected chi connectivity index (χ3v) is 3.11. The number of Topliss-reactive ketones (excluding diaryl/α,β-unsaturated/α-hetero) is 1. The highest BCUT2D eigenvalue weighted by molar-refractivity contribution is 6.31. The Labute approximate surface area is 116 Å². The van der Waals surface area contributed by atoms with Crippen LogP contribution in [-0.2, 0) is 15.8 Å². The van der Waals surface area contributed by atoms with Crippen molar-refractivity contribution >= 4 is 23.4 Å². The normalized spacial score (nSPS) is 14.7. The molecule has 0 bridgehead atoms. The number of aliphatic carboxylic acids is 1. The minimum atomic E-state index is -4.83. The fraction of sp³-hybridized carbons (Fsp3) is 0.333. The second-order valence-electron chi connectivity index (χ2n) is 4.02. The minimum absolute atomic E-state index is 0.553. The topological polar surface area (TPSA) is 74.6 Å². The SMILES string of the molecule is CC(=O)C(Cl)c1c(C(O)C(=O)O)cccc1C(F)(F)F. The van der Waals surface area contributed by atoms with E-state index >= 15 is 0 Å². The molecule has 0 spiro atoms. The number of carbonyl (C=O) groups excluding carboxylic acids is 1. The number of benzene rings is 1. The highest BCUT2D eigenvalue weighted by atomic mass is 35.5. The number of aliphatic hydroxyl groups is 1. The molecule has 2 atom stereocenters. The van der Waals surface area contributed by atoms with E-state index in [9.17, 15) is 27.9 Å². The van der Waals surface area contributed by atoms with Crippen molar-refractivity contribution < 1.29 is 33.0 Å². The quantitative estimate of drug-likeness (QED) is 0.839. The van der Waals surface area contributed by atoms with E-state index in [1.165, 1.54) is 0 Å². The number of aliphatic hydroxyl groups excluding tert-OH is 1. The molecule has 2 N–H and O–H groups in total. The molecule has 0 aliphatic heterocycles. The zero-order chi connectivity index (χ0) is 15.7. The number of hydrogen-bond acceptors (Lipinski definition) is 3. The second-order valence-corrected chi connectivity index (χ2v) is 4.46. The van der Waals surface area contributed by atoms with E-state index in [-0.39, 0.29) is 0 Å². The summed E-state index contributed by atoms with van der Waals surface area (Å²) >= 11 is 5.65. The Kier molecular flexibility index (Phi) is 4.77. The maximum absolute atomic E-state index is 12.9. The van der Waals surface area contributed by atoms with Crippen LogP contribution < -0.4 is 0 Å². The van der Waals surface area contributed by atoms with Crippen molar-refractivity contribution in [3.8, 4) is 0 Å². The summed E-state index contributed by atoms with van der Waals surface area (Å²) in [5.41, 5.74) is -2.53. The van der Waals surface area contributed by atoms with Crippen LogP contribution in [0, 0.1) is 0 Å². The number of carbonyl (C=O) groups is 2. The van der Waals surface area contributed by atoms with Gasteiger partial charge in [-0.05, 0) is 24.1 Å². The first-order valence-electron chi connectivity index (χ1n) is 5.32. The molecule has 1 aromatic carbocycles. The molecule has 8 heteroatoms. The molecule has 2 unspecified atom stereocenters. The molecule has 4 nitrogen and oxygen atoms in total. The summed E-state index contributed by atoms with van der Waals surface area (Å²) in [6.45, 7) is 0.974. The van der Waals surface area contributed by atoms with Crippen LogP contribution in [0.3, 0.4) is 0 Å². The molecule has 0 saturated carbocycles. The smallest absolute Gasteiger partial charge is 0.416 e. The van der Waals surface area contributed by atoms with Gasteiger partial charge in [-0.3, -0.25) is 4.79 Å². The third kappa shape index (κ3) is 3.29. The predicted molar refractivity (Wildman–Crippen MR) is 63.3 cm³/mol. The first-order valence-corrected chi connectivity index (χ1v) is 5.76. The zero-order valence-electron chi connectivity index (χ0n) is 10.1. The third-order valence-electron chi connectivity index (χ3n) is 2.58. The van der Waals surface area contributed by atoms with Crippen LogP contribution in [0.2, 0.25) is 0 Å². The Morgan fingerprint density at radius 3 is 2.25 bits per heavy atom. The van der Waals surface area contributed by atoms with Gasteiger partial charge in [-0.25, -0.2) is 4.79 Å². The molecular formula is C12H10ClF3O4. The number of rotatable bonds is 4. The lowest BCUT2D eigenvalue weighted by atomic mass is 9.93. The molecule has 1 aromatic rings. The van der Waals surface area contributed by atoms with Gasteiger partial charge in [0.2, 0.25) is 0 Å². The lowest BCUT2D eigenvalue weighted by Gasteiger charge is -2.20. The second kappa shape index (κ2) is 5.80. The lowest BCUT2D eigenvalue weighted by molar-refractivity contribution is -0.147. The minimum Gasteiger partial charge on any atom is -0.479 e. The van der Waals surface area contributed by atoms with Crippen LogP contribution in [-0.4, -0.2) is 22.0 Å². The van der Waals surface area contributed by atoms with Crippen molar-refractivity contribution in [1.29, 1.82) is 0 Å². The van der Waals surface area contributed by atoms with Gasteiger partial charge in [0.05, 0.1) is 5.56 Å². The largest absolute Gasteiger partial charge is 0.479 e. The van der Waals surface area contributed by atoms with E-state index < -0.39 is 46.1 Å². The molecule has 0 amide bonds. The van der Waals surface area contributed by atoms with Crippen molar-refractivity contribution in [2.75, 3.05) is 0 Å². The Bertz CT molecular complexity index is 542. The average molecular weight is 311 g/mol. The molecule has 1 rings (SSSR count). The van der Waals surface area contributed by atoms with E-state index in [0.29, 0.717) is 6.07 Å². The molecule has 20 heavy (non-hydrogen) atoms. The summed E-state index contributed by atoms with van der Waals surface area (Å²) < 4.78 is 38.8. The van der Waals surface area contributed by atoms with Crippen LogP contribution in [0.1, 0.15) is 35.1 Å². The predicted octanol–water partition coefficient (Wildman–Crippen LogP) is 2.69. The van der Waals surface area contributed by atoms with Gasteiger partial charge in [-0.15, -0.1) is 11.6 Å². The number of alkyl halides is 4. The summed E-state index contributed by atoms with van der Waals surface area (Å²) in [6, 6.07) is 2.60.